The van der Waals surface area contributed by atoms with Gasteiger partial charge in [-0.3, -0.25) is 28.9 Å². The Balaban J connectivity index is 1.64. The van der Waals surface area contributed by atoms with Crippen molar-refractivity contribution in [3.05, 3.63) is 42.0 Å². The first-order valence-corrected chi connectivity index (χ1v) is 16.5. The van der Waals surface area contributed by atoms with Crippen molar-refractivity contribution in [2.75, 3.05) is 71.3 Å². The number of carbonyl (C=O) groups excluding carboxylic acids is 6. The van der Waals surface area contributed by atoms with Crippen LogP contribution in [0.1, 0.15) is 38.7 Å². The zero-order valence-electron chi connectivity index (χ0n) is 28.6. The minimum Gasteiger partial charge on any atom is -0.392 e. The summed E-state index contributed by atoms with van der Waals surface area (Å²) in [4.78, 5) is 74.0. The number of carbonyl (C=O) groups is 6. The third-order valence-corrected chi connectivity index (χ3v) is 7.22. The highest BCUT2D eigenvalue weighted by Gasteiger charge is 2.29. The molecule has 2 atom stereocenters. The lowest BCUT2D eigenvalue weighted by atomic mass is 10.0. The average molecular weight is 707 g/mol. The fourth-order valence-corrected chi connectivity index (χ4v) is 4.49. The Labute approximate surface area is 291 Å². The van der Waals surface area contributed by atoms with E-state index in [-0.39, 0.29) is 76.7 Å². The van der Waals surface area contributed by atoms with Crippen molar-refractivity contribution in [3.8, 4) is 0 Å². The maximum Gasteiger partial charge on any atom is 0.312 e. The van der Waals surface area contributed by atoms with E-state index in [2.05, 4.69) is 21.3 Å². The predicted octanol–water partition coefficient (Wildman–Crippen LogP) is -0.427. The van der Waals surface area contributed by atoms with E-state index >= 15 is 0 Å². The van der Waals surface area contributed by atoms with Gasteiger partial charge in [0, 0.05) is 30.8 Å². The number of aliphatic hydroxyl groups is 1. The number of rotatable bonds is 26. The number of imide groups is 1. The second-order valence-electron chi connectivity index (χ2n) is 11.5. The van der Waals surface area contributed by atoms with Crippen molar-refractivity contribution >= 4 is 41.3 Å². The van der Waals surface area contributed by atoms with Crippen LogP contribution in [0.5, 0.6) is 0 Å². The molecule has 7 N–H and O–H groups in total. The molecule has 1 aliphatic heterocycles. The number of ether oxygens (including phenoxy) is 4. The molecule has 0 unspecified atom stereocenters. The minimum absolute atomic E-state index is 0.00272. The lowest BCUT2D eigenvalue weighted by Crippen LogP contribution is -2.54. The third-order valence-electron chi connectivity index (χ3n) is 7.22. The normalized spacial score (nSPS) is 13.7. The fraction of sp³-hybridized carbons (Fsp3) is 0.576. The molecule has 1 heterocycles. The molecule has 1 aliphatic rings. The van der Waals surface area contributed by atoms with Gasteiger partial charge in [-0.2, -0.15) is 0 Å². The van der Waals surface area contributed by atoms with Gasteiger partial charge in [-0.15, -0.1) is 0 Å². The minimum atomic E-state index is -0.973. The summed E-state index contributed by atoms with van der Waals surface area (Å²) in [5.74, 6) is -2.41. The SMILES string of the molecule is CC(C)[C@H](NC(=O)CCOCCOCCOCCOCCN1C(=O)C=CC1=O)C(=O)N[C@@H](CCCNC(N)=O)C(=O)Nc1ccc(CO)cc1. The molecule has 0 saturated heterocycles. The summed E-state index contributed by atoms with van der Waals surface area (Å²) in [6, 6.07) is 3.98. The van der Waals surface area contributed by atoms with E-state index in [1.54, 1.807) is 38.1 Å². The first-order chi connectivity index (χ1) is 24.0. The van der Waals surface area contributed by atoms with E-state index in [9.17, 15) is 33.9 Å². The van der Waals surface area contributed by atoms with Crippen LogP contribution in [-0.4, -0.2) is 124 Å². The molecule has 0 spiro atoms. The predicted molar refractivity (Wildman–Crippen MR) is 180 cm³/mol. The van der Waals surface area contributed by atoms with Crippen molar-refractivity contribution in [1.29, 1.82) is 0 Å². The van der Waals surface area contributed by atoms with Gasteiger partial charge in [-0.1, -0.05) is 26.0 Å². The van der Waals surface area contributed by atoms with Crippen molar-refractivity contribution in [2.45, 2.75) is 51.8 Å². The van der Waals surface area contributed by atoms with Crippen LogP contribution in [0, 0.1) is 5.92 Å². The Kier molecular flexibility index (Phi) is 19.9. The van der Waals surface area contributed by atoms with E-state index in [0.29, 0.717) is 44.1 Å². The second-order valence-corrected chi connectivity index (χ2v) is 11.5. The number of anilines is 1. The number of primary amides is 1. The molecule has 7 amide bonds. The van der Waals surface area contributed by atoms with Crippen LogP contribution >= 0.6 is 0 Å². The average Bonchev–Trinajstić information content (AvgIpc) is 3.40. The molecule has 0 saturated carbocycles. The summed E-state index contributed by atoms with van der Waals surface area (Å²) in [5, 5.41) is 19.9. The van der Waals surface area contributed by atoms with Gasteiger partial charge in [-0.05, 0) is 36.5 Å². The lowest BCUT2D eigenvalue weighted by molar-refractivity contribution is -0.137. The van der Waals surface area contributed by atoms with E-state index in [0.717, 1.165) is 4.90 Å². The molecular formula is C33H50N6O11. The summed E-state index contributed by atoms with van der Waals surface area (Å²) in [7, 11) is 0. The van der Waals surface area contributed by atoms with Gasteiger partial charge in [0.25, 0.3) is 11.8 Å². The highest BCUT2D eigenvalue weighted by atomic mass is 16.6. The quantitative estimate of drug-likeness (QED) is 0.0534. The molecule has 50 heavy (non-hydrogen) atoms. The molecular weight excluding hydrogens is 656 g/mol. The summed E-state index contributed by atoms with van der Waals surface area (Å²) in [5.41, 5.74) is 6.26. The molecule has 0 aromatic heterocycles. The number of amides is 7. The molecule has 278 valence electrons. The van der Waals surface area contributed by atoms with Crippen LogP contribution in [-0.2, 0) is 49.5 Å². The van der Waals surface area contributed by atoms with Crippen molar-refractivity contribution in [3.63, 3.8) is 0 Å². The van der Waals surface area contributed by atoms with Gasteiger partial charge in [0.2, 0.25) is 17.7 Å². The van der Waals surface area contributed by atoms with E-state index < -0.39 is 35.8 Å². The molecule has 1 aromatic rings. The number of nitrogens with two attached hydrogens (primary N) is 1. The zero-order valence-corrected chi connectivity index (χ0v) is 28.6. The van der Waals surface area contributed by atoms with E-state index in [1.807, 2.05) is 0 Å². The molecule has 2 rings (SSSR count). The van der Waals surface area contributed by atoms with Gasteiger partial charge in [0.1, 0.15) is 12.1 Å². The fourth-order valence-electron chi connectivity index (χ4n) is 4.49. The molecule has 0 radical (unpaired) electrons. The number of hydrogen-bond acceptors (Lipinski definition) is 11. The topological polar surface area (TPSA) is 237 Å². The van der Waals surface area contributed by atoms with E-state index in [4.69, 9.17) is 24.7 Å². The maximum absolute atomic E-state index is 13.3. The second kappa shape index (κ2) is 23.9. The van der Waals surface area contributed by atoms with Crippen LogP contribution in [0.25, 0.3) is 0 Å². The standard InChI is InChI=1S/C33H50N6O11/c1-23(2)30(32(45)37-26(4-3-12-35-33(34)46)31(44)36-25-7-5-24(22-40)6-8-25)38-27(41)11-14-47-16-18-49-20-21-50-19-17-48-15-13-39-28(42)9-10-29(39)43/h5-10,23,26,30,40H,3-4,11-22H2,1-2H3,(H,36,44)(H,37,45)(H,38,41)(H3,34,35,46)/t26-,30-/m0/s1. The number of aliphatic hydroxyl groups excluding tert-OH is 1. The van der Waals surface area contributed by atoms with Gasteiger partial charge in [-0.25, -0.2) is 4.79 Å². The summed E-state index contributed by atoms with van der Waals surface area (Å²) in [6.07, 6.45) is 2.99. The number of hydrogen-bond donors (Lipinski definition) is 6. The molecule has 0 bridgehead atoms. The number of nitrogens with zero attached hydrogens (tertiary/aromatic N) is 1. The molecule has 0 aliphatic carbocycles. The Morgan fingerprint density at radius 3 is 1.90 bits per heavy atom. The molecule has 0 fully saturated rings. The van der Waals surface area contributed by atoms with Crippen molar-refractivity contribution < 1.29 is 52.8 Å². The van der Waals surface area contributed by atoms with Crippen LogP contribution in [0.15, 0.2) is 36.4 Å². The van der Waals surface area contributed by atoms with Crippen molar-refractivity contribution in [2.24, 2.45) is 11.7 Å². The van der Waals surface area contributed by atoms with Gasteiger partial charge in [0.05, 0.1) is 66.0 Å². The van der Waals surface area contributed by atoms with Gasteiger partial charge in [0.15, 0.2) is 0 Å². The monoisotopic (exact) mass is 706 g/mol. The number of nitrogens with one attached hydrogen (secondary N) is 4. The largest absolute Gasteiger partial charge is 0.392 e. The Hall–Kier alpha value is -4.42. The first kappa shape index (κ1) is 41.7. The van der Waals surface area contributed by atoms with Crippen LogP contribution in [0.2, 0.25) is 0 Å². The summed E-state index contributed by atoms with van der Waals surface area (Å²) in [6.45, 7) is 5.94. The smallest absolute Gasteiger partial charge is 0.312 e. The zero-order chi connectivity index (χ0) is 36.7. The molecule has 17 heteroatoms. The highest BCUT2D eigenvalue weighted by molar-refractivity contribution is 6.12. The Morgan fingerprint density at radius 1 is 0.800 bits per heavy atom. The van der Waals surface area contributed by atoms with Gasteiger partial charge >= 0.3 is 6.03 Å². The van der Waals surface area contributed by atoms with Crippen LogP contribution in [0.3, 0.4) is 0 Å². The number of benzene rings is 1. The maximum atomic E-state index is 13.3. The highest BCUT2D eigenvalue weighted by Crippen LogP contribution is 2.12. The van der Waals surface area contributed by atoms with Crippen LogP contribution in [0.4, 0.5) is 10.5 Å². The van der Waals surface area contributed by atoms with Crippen molar-refractivity contribution in [1.82, 2.24) is 20.9 Å². The third kappa shape index (κ3) is 16.8. The molecule has 1 aromatic carbocycles. The Morgan fingerprint density at radius 2 is 1.36 bits per heavy atom. The van der Waals surface area contributed by atoms with Crippen LogP contribution < -0.4 is 27.0 Å². The number of urea groups is 1. The lowest BCUT2D eigenvalue weighted by Gasteiger charge is -2.25. The van der Waals surface area contributed by atoms with E-state index in [1.165, 1.54) is 12.2 Å². The summed E-state index contributed by atoms with van der Waals surface area (Å²) < 4.78 is 21.7. The van der Waals surface area contributed by atoms with Gasteiger partial charge < -0.3 is 51.1 Å². The first-order valence-electron chi connectivity index (χ1n) is 16.5. The molecule has 17 nitrogen and oxygen atoms in total. The summed E-state index contributed by atoms with van der Waals surface area (Å²) >= 11 is 0. The Bertz CT molecular complexity index is 1260.